The van der Waals surface area contributed by atoms with Gasteiger partial charge in [-0.05, 0) is 30.2 Å². The zero-order valence-corrected chi connectivity index (χ0v) is 9.77. The summed E-state index contributed by atoms with van der Waals surface area (Å²) >= 11 is 0. The van der Waals surface area contributed by atoms with Crippen LogP contribution >= 0.6 is 0 Å². The maximum absolute atomic E-state index is 4.68. The van der Waals surface area contributed by atoms with Gasteiger partial charge in [0.15, 0.2) is 0 Å². The van der Waals surface area contributed by atoms with Gasteiger partial charge in [0.05, 0.1) is 11.0 Å². The van der Waals surface area contributed by atoms with Crippen molar-refractivity contribution in [2.75, 3.05) is 0 Å². The van der Waals surface area contributed by atoms with Gasteiger partial charge in [-0.15, -0.1) is 0 Å². The van der Waals surface area contributed by atoms with Crippen molar-refractivity contribution in [2.24, 2.45) is 0 Å². The molecule has 0 bridgehead atoms. The monoisotopic (exact) mass is 219 g/mol. The molecule has 0 amide bonds. The number of hydrogen-bond donors (Lipinski definition) is 0. The zero-order chi connectivity index (χ0) is 11.8. The van der Waals surface area contributed by atoms with E-state index in [1.807, 2.05) is 43.3 Å². The van der Waals surface area contributed by atoms with E-state index in [9.17, 15) is 0 Å². The van der Waals surface area contributed by atoms with E-state index in [4.69, 9.17) is 0 Å². The minimum atomic E-state index is 1.03. The molecular formula is C16H13N. The summed E-state index contributed by atoms with van der Waals surface area (Å²) in [7, 11) is 0. The van der Waals surface area contributed by atoms with Gasteiger partial charge >= 0.3 is 0 Å². The number of allylic oxidation sites excluding steroid dienone is 1. The highest BCUT2D eigenvalue weighted by atomic mass is 14.7. The molecule has 82 valence electrons. The van der Waals surface area contributed by atoms with Crippen molar-refractivity contribution >= 4 is 27.4 Å². The number of aromatic nitrogens is 1. The number of fused-ring (bicyclic) bond motifs is 2. The first-order valence-electron chi connectivity index (χ1n) is 5.71. The number of rotatable bonds is 1. The molecule has 1 heterocycles. The Morgan fingerprint density at radius 1 is 0.882 bits per heavy atom. The molecule has 1 nitrogen and oxygen atoms in total. The predicted octanol–water partition coefficient (Wildman–Crippen LogP) is 4.42. The van der Waals surface area contributed by atoms with Gasteiger partial charge in [-0.2, -0.15) is 0 Å². The van der Waals surface area contributed by atoms with Gasteiger partial charge in [0.2, 0.25) is 0 Å². The van der Waals surface area contributed by atoms with Gasteiger partial charge in [0.1, 0.15) is 0 Å². The summed E-state index contributed by atoms with van der Waals surface area (Å²) in [6, 6.07) is 16.5. The van der Waals surface area contributed by atoms with Crippen molar-refractivity contribution in [1.29, 1.82) is 0 Å². The third-order valence-electron chi connectivity index (χ3n) is 3.01. The fourth-order valence-corrected chi connectivity index (χ4v) is 2.30. The maximum atomic E-state index is 4.68. The Labute approximate surface area is 100 Å². The number of hydrogen-bond acceptors (Lipinski definition) is 1. The van der Waals surface area contributed by atoms with Crippen molar-refractivity contribution < 1.29 is 0 Å². The minimum Gasteiger partial charge on any atom is -0.248 e. The first-order valence-corrected chi connectivity index (χ1v) is 5.71. The van der Waals surface area contributed by atoms with E-state index in [0.29, 0.717) is 0 Å². The molecule has 0 saturated heterocycles. The summed E-state index contributed by atoms with van der Waals surface area (Å²) in [6.45, 7) is 6.15. The van der Waals surface area contributed by atoms with E-state index >= 15 is 0 Å². The third kappa shape index (κ3) is 1.51. The molecule has 1 heteroatoms. The van der Waals surface area contributed by atoms with Crippen LogP contribution in [-0.2, 0) is 0 Å². The van der Waals surface area contributed by atoms with Gasteiger partial charge in [0.25, 0.3) is 0 Å². The smallest absolute Gasteiger partial charge is 0.0715 e. The fraction of sp³-hybridized carbons (Fsp3) is 0.0625. The third-order valence-corrected chi connectivity index (χ3v) is 3.01. The Morgan fingerprint density at radius 2 is 1.35 bits per heavy atom. The molecule has 17 heavy (non-hydrogen) atoms. The van der Waals surface area contributed by atoms with E-state index in [1.54, 1.807) is 0 Å². The van der Waals surface area contributed by atoms with Crippen LogP contribution in [0.2, 0.25) is 0 Å². The maximum Gasteiger partial charge on any atom is 0.0715 e. The summed E-state index contributed by atoms with van der Waals surface area (Å²) in [5.41, 5.74) is 4.36. The van der Waals surface area contributed by atoms with Crippen LogP contribution in [0.1, 0.15) is 12.5 Å². The molecule has 0 fully saturated rings. The quantitative estimate of drug-likeness (QED) is 0.552. The van der Waals surface area contributed by atoms with Crippen LogP contribution in [0.25, 0.3) is 27.4 Å². The lowest BCUT2D eigenvalue weighted by Crippen LogP contribution is -1.89. The summed E-state index contributed by atoms with van der Waals surface area (Å²) in [5.74, 6) is 0. The Balaban J connectivity index is 2.61. The van der Waals surface area contributed by atoms with E-state index in [0.717, 1.165) is 16.6 Å². The second kappa shape index (κ2) is 3.70. The van der Waals surface area contributed by atoms with Crippen molar-refractivity contribution in [1.82, 2.24) is 4.98 Å². The van der Waals surface area contributed by atoms with E-state index < -0.39 is 0 Å². The van der Waals surface area contributed by atoms with E-state index in [1.165, 1.54) is 16.3 Å². The van der Waals surface area contributed by atoms with E-state index in [2.05, 4.69) is 23.7 Å². The van der Waals surface area contributed by atoms with Gasteiger partial charge in [-0.25, -0.2) is 4.98 Å². The molecule has 3 aromatic rings. The zero-order valence-electron chi connectivity index (χ0n) is 9.77. The number of nitrogens with zero attached hydrogens (tertiary/aromatic N) is 1. The molecule has 0 saturated carbocycles. The SMILES string of the molecule is C=C(C)c1c2ccccc2nc2ccccc12. The molecule has 0 aliphatic rings. The lowest BCUT2D eigenvalue weighted by atomic mass is 9.98. The van der Waals surface area contributed by atoms with Crippen LogP contribution in [0.4, 0.5) is 0 Å². The molecule has 0 unspecified atom stereocenters. The van der Waals surface area contributed by atoms with Crippen molar-refractivity contribution in [3.8, 4) is 0 Å². The van der Waals surface area contributed by atoms with Crippen LogP contribution < -0.4 is 0 Å². The molecule has 0 spiro atoms. The van der Waals surface area contributed by atoms with Crippen molar-refractivity contribution in [2.45, 2.75) is 6.92 Å². The molecule has 0 radical (unpaired) electrons. The number of benzene rings is 2. The fourth-order valence-electron chi connectivity index (χ4n) is 2.30. The van der Waals surface area contributed by atoms with Crippen LogP contribution in [0.15, 0.2) is 55.1 Å². The normalized spacial score (nSPS) is 10.9. The van der Waals surface area contributed by atoms with E-state index in [-0.39, 0.29) is 0 Å². The summed E-state index contributed by atoms with van der Waals surface area (Å²) in [4.78, 5) is 4.68. The molecular weight excluding hydrogens is 206 g/mol. The summed E-state index contributed by atoms with van der Waals surface area (Å²) < 4.78 is 0. The first-order chi connectivity index (χ1) is 8.27. The second-order valence-electron chi connectivity index (χ2n) is 4.30. The average molecular weight is 219 g/mol. The van der Waals surface area contributed by atoms with Crippen molar-refractivity contribution in [3.05, 3.63) is 60.7 Å². The Bertz CT molecular complexity index is 672. The predicted molar refractivity (Wildman–Crippen MR) is 74.0 cm³/mol. The number of pyridine rings is 1. The lowest BCUT2D eigenvalue weighted by Gasteiger charge is -2.10. The molecule has 1 aromatic heterocycles. The van der Waals surface area contributed by atoms with Crippen LogP contribution in [-0.4, -0.2) is 4.98 Å². The van der Waals surface area contributed by atoms with Crippen LogP contribution in [0.5, 0.6) is 0 Å². The van der Waals surface area contributed by atoms with Gasteiger partial charge in [0, 0.05) is 10.8 Å². The van der Waals surface area contributed by atoms with Crippen LogP contribution in [0, 0.1) is 0 Å². The molecule has 3 rings (SSSR count). The first kappa shape index (κ1) is 10.0. The highest BCUT2D eigenvalue weighted by Gasteiger charge is 2.08. The van der Waals surface area contributed by atoms with Crippen LogP contribution in [0.3, 0.4) is 0 Å². The molecule has 0 N–H and O–H groups in total. The largest absolute Gasteiger partial charge is 0.248 e. The molecule has 0 aliphatic heterocycles. The molecule has 2 aromatic carbocycles. The number of para-hydroxylation sites is 2. The van der Waals surface area contributed by atoms with Crippen molar-refractivity contribution in [3.63, 3.8) is 0 Å². The highest BCUT2D eigenvalue weighted by Crippen LogP contribution is 2.30. The minimum absolute atomic E-state index is 1.03. The summed E-state index contributed by atoms with van der Waals surface area (Å²) in [6.07, 6.45) is 0. The van der Waals surface area contributed by atoms with Gasteiger partial charge in [-0.3, -0.25) is 0 Å². The summed E-state index contributed by atoms with van der Waals surface area (Å²) in [5, 5.41) is 2.36. The Kier molecular flexibility index (Phi) is 2.19. The second-order valence-corrected chi connectivity index (χ2v) is 4.30. The standard InChI is InChI=1S/C16H13N/c1-11(2)16-12-7-3-5-9-14(12)17-15-10-6-4-8-13(15)16/h3-10H,1H2,2H3. The highest BCUT2D eigenvalue weighted by molar-refractivity contribution is 6.04. The van der Waals surface area contributed by atoms with Gasteiger partial charge < -0.3 is 0 Å². The van der Waals surface area contributed by atoms with Gasteiger partial charge in [-0.1, -0.05) is 43.0 Å². The molecule has 0 atom stereocenters. The Morgan fingerprint density at radius 3 is 1.82 bits per heavy atom. The lowest BCUT2D eigenvalue weighted by molar-refractivity contribution is 1.48. The molecule has 0 aliphatic carbocycles. The topological polar surface area (TPSA) is 12.9 Å². The average Bonchev–Trinajstić information content (AvgIpc) is 2.35. The Hall–Kier alpha value is -2.15.